The first-order valence-electron chi connectivity index (χ1n) is 5.51. The normalized spacial score (nSPS) is 12.3. The Morgan fingerprint density at radius 1 is 1.16 bits per heavy atom. The molecule has 0 spiro atoms. The van der Waals surface area contributed by atoms with Gasteiger partial charge in [0.15, 0.2) is 0 Å². The Morgan fingerprint density at radius 2 is 1.89 bits per heavy atom. The van der Waals surface area contributed by atoms with Crippen molar-refractivity contribution in [2.75, 3.05) is 5.32 Å². The van der Waals surface area contributed by atoms with Crippen molar-refractivity contribution in [1.29, 1.82) is 0 Å². The topological polar surface area (TPSA) is 24.9 Å². The highest BCUT2D eigenvalue weighted by molar-refractivity contribution is 6.36. The van der Waals surface area contributed by atoms with Crippen LogP contribution in [-0.4, -0.2) is 4.98 Å². The Labute approximate surface area is 125 Å². The molecule has 19 heavy (non-hydrogen) atoms. The summed E-state index contributed by atoms with van der Waals surface area (Å²) in [5, 5.41) is 3.85. The second-order valence-corrected chi connectivity index (χ2v) is 5.14. The zero-order chi connectivity index (χ0) is 14.0. The third-order valence-corrected chi connectivity index (χ3v) is 3.52. The maximum atomic E-state index is 13.5. The molecular formula is C13H10Cl3FN2. The van der Waals surface area contributed by atoms with Crippen molar-refractivity contribution in [2.45, 2.75) is 13.0 Å². The van der Waals surface area contributed by atoms with Crippen molar-refractivity contribution < 1.29 is 4.39 Å². The number of benzene rings is 1. The van der Waals surface area contributed by atoms with Crippen LogP contribution in [0.25, 0.3) is 0 Å². The van der Waals surface area contributed by atoms with Gasteiger partial charge in [-0.15, -0.1) is 0 Å². The van der Waals surface area contributed by atoms with Crippen molar-refractivity contribution >= 4 is 40.6 Å². The highest BCUT2D eigenvalue weighted by Gasteiger charge is 2.17. The van der Waals surface area contributed by atoms with Crippen LogP contribution in [0.1, 0.15) is 18.5 Å². The summed E-state index contributed by atoms with van der Waals surface area (Å²) in [6.45, 7) is 1.81. The first kappa shape index (κ1) is 14.4. The summed E-state index contributed by atoms with van der Waals surface area (Å²) < 4.78 is 13.5. The minimum atomic E-state index is -0.506. The van der Waals surface area contributed by atoms with Crippen LogP contribution in [0.5, 0.6) is 0 Å². The van der Waals surface area contributed by atoms with Crippen LogP contribution in [-0.2, 0) is 0 Å². The van der Waals surface area contributed by atoms with E-state index in [2.05, 4.69) is 10.3 Å². The SMILES string of the molecule is CC(Nc1cccc(Cl)n1)c1c(Cl)ccc(F)c1Cl. The van der Waals surface area contributed by atoms with Gasteiger partial charge in [-0.25, -0.2) is 9.37 Å². The molecule has 0 bridgehead atoms. The molecule has 0 aliphatic heterocycles. The second kappa shape index (κ2) is 5.95. The Hall–Kier alpha value is -1.03. The molecule has 0 saturated heterocycles. The number of hydrogen-bond acceptors (Lipinski definition) is 2. The minimum Gasteiger partial charge on any atom is -0.363 e. The number of anilines is 1. The quantitative estimate of drug-likeness (QED) is 0.609. The zero-order valence-corrected chi connectivity index (χ0v) is 12.2. The number of halogens is 4. The number of pyridine rings is 1. The molecule has 0 saturated carbocycles. The van der Waals surface area contributed by atoms with E-state index >= 15 is 0 Å². The van der Waals surface area contributed by atoms with Gasteiger partial charge in [0.1, 0.15) is 16.8 Å². The number of hydrogen-bond donors (Lipinski definition) is 1. The molecule has 2 aromatic rings. The zero-order valence-electron chi connectivity index (χ0n) is 9.92. The van der Waals surface area contributed by atoms with Gasteiger partial charge >= 0.3 is 0 Å². The molecule has 1 atom stereocenters. The van der Waals surface area contributed by atoms with Crippen molar-refractivity contribution in [3.8, 4) is 0 Å². The maximum absolute atomic E-state index is 13.5. The van der Waals surface area contributed by atoms with Crippen LogP contribution in [0.4, 0.5) is 10.2 Å². The molecule has 2 rings (SSSR count). The lowest BCUT2D eigenvalue weighted by Crippen LogP contribution is -2.09. The number of rotatable bonds is 3. The van der Waals surface area contributed by atoms with Gasteiger partial charge in [-0.05, 0) is 31.2 Å². The van der Waals surface area contributed by atoms with Gasteiger partial charge in [-0.1, -0.05) is 40.9 Å². The third-order valence-electron chi connectivity index (χ3n) is 2.59. The second-order valence-electron chi connectivity index (χ2n) is 3.97. The molecule has 1 aromatic carbocycles. The summed E-state index contributed by atoms with van der Waals surface area (Å²) in [7, 11) is 0. The van der Waals surface area contributed by atoms with Gasteiger partial charge in [0, 0.05) is 10.6 Å². The fourth-order valence-corrected chi connectivity index (χ4v) is 2.58. The first-order chi connectivity index (χ1) is 8.99. The van der Waals surface area contributed by atoms with E-state index in [0.29, 0.717) is 21.6 Å². The lowest BCUT2D eigenvalue weighted by atomic mass is 10.1. The van der Waals surface area contributed by atoms with E-state index < -0.39 is 5.82 Å². The van der Waals surface area contributed by atoms with E-state index in [1.165, 1.54) is 12.1 Å². The van der Waals surface area contributed by atoms with Crippen LogP contribution < -0.4 is 5.32 Å². The number of nitrogens with zero attached hydrogens (tertiary/aromatic N) is 1. The van der Waals surface area contributed by atoms with E-state index in [1.807, 2.05) is 6.92 Å². The monoisotopic (exact) mass is 318 g/mol. The van der Waals surface area contributed by atoms with Gasteiger partial charge in [-0.2, -0.15) is 0 Å². The Morgan fingerprint density at radius 3 is 2.58 bits per heavy atom. The van der Waals surface area contributed by atoms with Crippen LogP contribution in [0, 0.1) is 5.82 Å². The molecule has 1 heterocycles. The average molecular weight is 320 g/mol. The summed E-state index contributed by atoms with van der Waals surface area (Å²) in [5.41, 5.74) is 0.491. The fraction of sp³-hybridized carbons (Fsp3) is 0.154. The van der Waals surface area contributed by atoms with Gasteiger partial charge in [0.2, 0.25) is 0 Å². The Bertz CT molecular complexity index is 604. The summed E-state index contributed by atoms with van der Waals surface area (Å²) in [6, 6.07) is 7.59. The van der Waals surface area contributed by atoms with E-state index in [1.54, 1.807) is 18.2 Å². The van der Waals surface area contributed by atoms with Crippen molar-refractivity contribution in [2.24, 2.45) is 0 Å². The van der Waals surface area contributed by atoms with E-state index in [9.17, 15) is 4.39 Å². The fourth-order valence-electron chi connectivity index (χ4n) is 1.72. The molecule has 1 N–H and O–H groups in total. The summed E-state index contributed by atoms with van der Waals surface area (Å²) in [5.74, 6) is 0.0603. The largest absolute Gasteiger partial charge is 0.363 e. The Kier molecular flexibility index (Phi) is 4.50. The van der Waals surface area contributed by atoms with Crippen LogP contribution >= 0.6 is 34.8 Å². The standard InChI is InChI=1S/C13H10Cl3FN2/c1-7(18-11-4-2-3-10(15)19-11)12-8(14)5-6-9(17)13(12)16/h2-7H,1H3,(H,18,19). The van der Waals surface area contributed by atoms with Crippen molar-refractivity contribution in [3.05, 3.63) is 56.9 Å². The van der Waals surface area contributed by atoms with Crippen molar-refractivity contribution in [3.63, 3.8) is 0 Å². The average Bonchev–Trinajstić information content (AvgIpc) is 2.34. The third kappa shape index (κ3) is 3.30. The number of aromatic nitrogens is 1. The lowest BCUT2D eigenvalue weighted by molar-refractivity contribution is 0.624. The first-order valence-corrected chi connectivity index (χ1v) is 6.65. The minimum absolute atomic E-state index is 0.00882. The lowest BCUT2D eigenvalue weighted by Gasteiger charge is -2.18. The van der Waals surface area contributed by atoms with Gasteiger partial charge in [0.25, 0.3) is 0 Å². The molecule has 0 fully saturated rings. The summed E-state index contributed by atoms with van der Waals surface area (Å²) in [6.07, 6.45) is 0. The molecule has 2 nitrogen and oxygen atoms in total. The van der Waals surface area contributed by atoms with Crippen LogP contribution in [0.2, 0.25) is 15.2 Å². The van der Waals surface area contributed by atoms with Crippen LogP contribution in [0.3, 0.4) is 0 Å². The van der Waals surface area contributed by atoms with Gasteiger partial charge < -0.3 is 5.32 Å². The molecule has 6 heteroatoms. The number of nitrogens with one attached hydrogen (secondary N) is 1. The predicted octanol–water partition coefficient (Wildman–Crippen LogP) is 5.35. The maximum Gasteiger partial charge on any atom is 0.142 e. The molecule has 1 unspecified atom stereocenters. The van der Waals surface area contributed by atoms with E-state index in [-0.39, 0.29) is 11.1 Å². The van der Waals surface area contributed by atoms with Crippen molar-refractivity contribution in [1.82, 2.24) is 4.98 Å². The van der Waals surface area contributed by atoms with E-state index in [4.69, 9.17) is 34.8 Å². The summed E-state index contributed by atoms with van der Waals surface area (Å²) in [4.78, 5) is 4.09. The molecule has 0 radical (unpaired) electrons. The van der Waals surface area contributed by atoms with Gasteiger partial charge in [-0.3, -0.25) is 0 Å². The van der Waals surface area contributed by atoms with E-state index in [0.717, 1.165) is 0 Å². The smallest absolute Gasteiger partial charge is 0.142 e. The molecule has 0 aliphatic rings. The highest BCUT2D eigenvalue weighted by Crippen LogP contribution is 2.33. The highest BCUT2D eigenvalue weighted by atomic mass is 35.5. The van der Waals surface area contributed by atoms with Crippen LogP contribution in [0.15, 0.2) is 30.3 Å². The predicted molar refractivity (Wildman–Crippen MR) is 77.7 cm³/mol. The molecule has 1 aromatic heterocycles. The Balaban J connectivity index is 2.30. The molecule has 0 amide bonds. The summed E-state index contributed by atoms with van der Waals surface area (Å²) >= 11 is 17.8. The van der Waals surface area contributed by atoms with Gasteiger partial charge in [0.05, 0.1) is 11.1 Å². The molecule has 0 aliphatic carbocycles. The molecular weight excluding hydrogens is 310 g/mol. The molecule has 100 valence electrons.